The van der Waals surface area contributed by atoms with Gasteiger partial charge < -0.3 is 5.32 Å². The van der Waals surface area contributed by atoms with Crippen molar-refractivity contribution in [2.45, 2.75) is 24.9 Å². The highest BCUT2D eigenvalue weighted by Crippen LogP contribution is 2.24. The molecule has 0 aromatic carbocycles. The lowest BCUT2D eigenvalue weighted by molar-refractivity contribution is 0.634. The minimum atomic E-state index is 0.378. The Morgan fingerprint density at radius 2 is 2.38 bits per heavy atom. The van der Waals surface area contributed by atoms with Crippen molar-refractivity contribution in [1.82, 2.24) is 10.3 Å². The lowest BCUT2D eigenvalue weighted by atomic mass is 10.1. The van der Waals surface area contributed by atoms with Crippen LogP contribution < -0.4 is 5.32 Å². The Kier molecular flexibility index (Phi) is 4.25. The van der Waals surface area contributed by atoms with Gasteiger partial charge in [0, 0.05) is 17.8 Å². The van der Waals surface area contributed by atoms with E-state index >= 15 is 0 Å². The molecule has 0 saturated carbocycles. The molecule has 0 aliphatic rings. The zero-order chi connectivity index (χ0) is 9.68. The minimum Gasteiger partial charge on any atom is -0.313 e. The first-order valence-corrected chi connectivity index (χ1v) is 5.53. The summed E-state index contributed by atoms with van der Waals surface area (Å²) in [6, 6.07) is 4.50. The summed E-state index contributed by atoms with van der Waals surface area (Å²) in [7, 11) is 1.97. The fourth-order valence-corrected chi connectivity index (χ4v) is 1.97. The second kappa shape index (κ2) is 5.25. The Bertz CT molecular complexity index is 263. The van der Waals surface area contributed by atoms with Crippen molar-refractivity contribution >= 4 is 11.8 Å². The summed E-state index contributed by atoms with van der Waals surface area (Å²) in [6.45, 7) is 4.30. The summed E-state index contributed by atoms with van der Waals surface area (Å²) in [5, 5.41) is 4.37. The van der Waals surface area contributed by atoms with Crippen molar-refractivity contribution in [3.05, 3.63) is 23.9 Å². The molecule has 72 valence electrons. The van der Waals surface area contributed by atoms with Crippen molar-refractivity contribution in [2.24, 2.45) is 0 Å². The second-order valence-corrected chi connectivity index (χ2v) is 4.09. The number of hydrogen-bond donors (Lipinski definition) is 1. The molecule has 0 saturated heterocycles. The normalized spacial score (nSPS) is 12.8. The van der Waals surface area contributed by atoms with Crippen molar-refractivity contribution in [1.29, 1.82) is 0 Å². The number of nitrogens with one attached hydrogen (secondary N) is 1. The molecule has 1 N–H and O–H groups in total. The van der Waals surface area contributed by atoms with E-state index in [2.05, 4.69) is 30.2 Å². The molecule has 1 heterocycles. The van der Waals surface area contributed by atoms with E-state index in [9.17, 15) is 0 Å². The molecule has 1 unspecified atom stereocenters. The Labute approximate surface area is 84.1 Å². The van der Waals surface area contributed by atoms with E-state index in [1.54, 1.807) is 11.8 Å². The maximum atomic E-state index is 4.36. The predicted octanol–water partition coefficient (Wildman–Crippen LogP) is 2.47. The van der Waals surface area contributed by atoms with E-state index in [1.807, 2.05) is 19.3 Å². The highest BCUT2D eigenvalue weighted by Gasteiger charge is 2.08. The molecule has 1 aromatic heterocycles. The van der Waals surface area contributed by atoms with Crippen molar-refractivity contribution in [3.8, 4) is 0 Å². The monoisotopic (exact) mass is 196 g/mol. The Morgan fingerprint density at radius 1 is 1.62 bits per heavy atom. The first kappa shape index (κ1) is 10.5. The molecule has 1 aromatic rings. The lowest BCUT2D eigenvalue weighted by Crippen LogP contribution is -2.13. The fourth-order valence-electron chi connectivity index (χ4n) is 1.15. The highest BCUT2D eigenvalue weighted by molar-refractivity contribution is 7.99. The summed E-state index contributed by atoms with van der Waals surface area (Å²) in [5.74, 6) is 1.07. The van der Waals surface area contributed by atoms with E-state index in [0.29, 0.717) is 6.04 Å². The molecule has 0 aliphatic heterocycles. The van der Waals surface area contributed by atoms with Gasteiger partial charge in [-0.15, -0.1) is 11.8 Å². The van der Waals surface area contributed by atoms with Gasteiger partial charge in [-0.25, -0.2) is 4.98 Å². The maximum absolute atomic E-state index is 4.36. The molecule has 0 amide bonds. The molecule has 0 fully saturated rings. The van der Waals surface area contributed by atoms with E-state index in [0.717, 1.165) is 10.8 Å². The van der Waals surface area contributed by atoms with Crippen molar-refractivity contribution < 1.29 is 0 Å². The zero-order valence-corrected chi connectivity index (χ0v) is 9.19. The predicted molar refractivity (Wildman–Crippen MR) is 58.1 cm³/mol. The van der Waals surface area contributed by atoms with Gasteiger partial charge >= 0.3 is 0 Å². The zero-order valence-electron chi connectivity index (χ0n) is 8.37. The third-order valence-corrected chi connectivity index (χ3v) is 2.88. The molecular weight excluding hydrogens is 180 g/mol. The number of aromatic nitrogens is 1. The van der Waals surface area contributed by atoms with Crippen LogP contribution in [0.5, 0.6) is 0 Å². The number of pyridine rings is 1. The van der Waals surface area contributed by atoms with Gasteiger partial charge in [0.2, 0.25) is 0 Å². The lowest BCUT2D eigenvalue weighted by Gasteiger charge is -2.13. The Morgan fingerprint density at radius 3 is 3.00 bits per heavy atom. The average molecular weight is 196 g/mol. The molecule has 1 atom stereocenters. The third kappa shape index (κ3) is 2.71. The SMILES string of the molecule is CCSc1ncccc1C(C)NC. The Hall–Kier alpha value is -0.540. The van der Waals surface area contributed by atoms with E-state index in [4.69, 9.17) is 0 Å². The number of thioether (sulfide) groups is 1. The quantitative estimate of drug-likeness (QED) is 0.749. The largest absolute Gasteiger partial charge is 0.313 e. The number of hydrogen-bond acceptors (Lipinski definition) is 3. The summed E-state index contributed by atoms with van der Waals surface area (Å²) >= 11 is 1.79. The van der Waals surface area contributed by atoms with Crippen LogP contribution in [0.3, 0.4) is 0 Å². The molecular formula is C10H16N2S. The Balaban J connectivity index is 2.90. The molecule has 0 aliphatic carbocycles. The fraction of sp³-hybridized carbons (Fsp3) is 0.500. The second-order valence-electron chi connectivity index (χ2n) is 2.84. The van der Waals surface area contributed by atoms with Crippen LogP contribution in [-0.4, -0.2) is 17.8 Å². The van der Waals surface area contributed by atoms with Crippen LogP contribution >= 0.6 is 11.8 Å². The minimum absolute atomic E-state index is 0.378. The van der Waals surface area contributed by atoms with Gasteiger partial charge in [0.05, 0.1) is 0 Å². The van der Waals surface area contributed by atoms with Crippen LogP contribution in [-0.2, 0) is 0 Å². The average Bonchev–Trinajstić information content (AvgIpc) is 2.18. The van der Waals surface area contributed by atoms with Gasteiger partial charge in [-0.2, -0.15) is 0 Å². The molecule has 0 spiro atoms. The summed E-state index contributed by atoms with van der Waals surface area (Å²) in [5.41, 5.74) is 1.29. The summed E-state index contributed by atoms with van der Waals surface area (Å²) < 4.78 is 0. The van der Waals surface area contributed by atoms with Gasteiger partial charge in [0.1, 0.15) is 5.03 Å². The maximum Gasteiger partial charge on any atom is 0.101 e. The van der Waals surface area contributed by atoms with Gasteiger partial charge in [-0.1, -0.05) is 13.0 Å². The summed E-state index contributed by atoms with van der Waals surface area (Å²) in [6.07, 6.45) is 1.85. The van der Waals surface area contributed by atoms with Crippen LogP contribution in [0.1, 0.15) is 25.5 Å². The molecule has 0 radical (unpaired) electrons. The number of rotatable bonds is 4. The first-order chi connectivity index (χ1) is 6.29. The molecule has 13 heavy (non-hydrogen) atoms. The van der Waals surface area contributed by atoms with Crippen molar-refractivity contribution in [3.63, 3.8) is 0 Å². The van der Waals surface area contributed by atoms with Crippen LogP contribution in [0.15, 0.2) is 23.4 Å². The van der Waals surface area contributed by atoms with Crippen LogP contribution in [0.25, 0.3) is 0 Å². The van der Waals surface area contributed by atoms with Crippen LogP contribution in [0, 0.1) is 0 Å². The smallest absolute Gasteiger partial charge is 0.101 e. The summed E-state index contributed by atoms with van der Waals surface area (Å²) in [4.78, 5) is 4.36. The standard InChI is InChI=1S/C10H16N2S/c1-4-13-10-9(8(2)11-3)6-5-7-12-10/h5-8,11H,4H2,1-3H3. The van der Waals surface area contributed by atoms with E-state index in [1.165, 1.54) is 5.56 Å². The van der Waals surface area contributed by atoms with Crippen LogP contribution in [0.2, 0.25) is 0 Å². The van der Waals surface area contributed by atoms with Crippen molar-refractivity contribution in [2.75, 3.05) is 12.8 Å². The van der Waals surface area contributed by atoms with Gasteiger partial charge in [0.15, 0.2) is 0 Å². The molecule has 0 bridgehead atoms. The van der Waals surface area contributed by atoms with E-state index in [-0.39, 0.29) is 0 Å². The van der Waals surface area contributed by atoms with Gasteiger partial charge in [-0.3, -0.25) is 0 Å². The third-order valence-electron chi connectivity index (χ3n) is 1.98. The first-order valence-electron chi connectivity index (χ1n) is 4.54. The number of nitrogens with zero attached hydrogens (tertiary/aromatic N) is 1. The van der Waals surface area contributed by atoms with E-state index < -0.39 is 0 Å². The molecule has 1 rings (SSSR count). The topological polar surface area (TPSA) is 24.9 Å². The van der Waals surface area contributed by atoms with Gasteiger partial charge in [0.25, 0.3) is 0 Å². The molecule has 3 heteroatoms. The molecule has 2 nitrogen and oxygen atoms in total. The van der Waals surface area contributed by atoms with Gasteiger partial charge in [-0.05, 0) is 25.8 Å². The van der Waals surface area contributed by atoms with Crippen LogP contribution in [0.4, 0.5) is 0 Å². The highest BCUT2D eigenvalue weighted by atomic mass is 32.2.